The van der Waals surface area contributed by atoms with E-state index < -0.39 is 12.0 Å². The summed E-state index contributed by atoms with van der Waals surface area (Å²) in [6.07, 6.45) is -0.273. The molecule has 156 valence electrons. The number of nitrogens with zero attached hydrogens (tertiary/aromatic N) is 1. The number of thiazole rings is 1. The van der Waals surface area contributed by atoms with E-state index in [0.717, 1.165) is 10.6 Å². The largest absolute Gasteiger partial charge is 0.493 e. The highest BCUT2D eigenvalue weighted by Gasteiger charge is 2.23. The zero-order chi connectivity index (χ0) is 21.7. The van der Waals surface area contributed by atoms with Crippen molar-refractivity contribution >= 4 is 23.2 Å². The number of amides is 1. The SMILES string of the molecule is COc1ccc([C@H](CC(=O)O)NC(=O)c2sc(-c3ccccc3)nc2C)cc1OC. The molecule has 1 heterocycles. The van der Waals surface area contributed by atoms with Crippen LogP contribution in [0.25, 0.3) is 10.6 Å². The van der Waals surface area contributed by atoms with Gasteiger partial charge in [-0.2, -0.15) is 0 Å². The van der Waals surface area contributed by atoms with Crippen molar-refractivity contribution < 1.29 is 24.2 Å². The average molecular weight is 426 g/mol. The van der Waals surface area contributed by atoms with E-state index in [9.17, 15) is 14.7 Å². The van der Waals surface area contributed by atoms with Crippen molar-refractivity contribution in [3.05, 3.63) is 64.7 Å². The normalized spacial score (nSPS) is 11.6. The molecule has 0 saturated carbocycles. The molecule has 1 atom stereocenters. The van der Waals surface area contributed by atoms with E-state index in [4.69, 9.17) is 9.47 Å². The first kappa shape index (κ1) is 21.3. The summed E-state index contributed by atoms with van der Waals surface area (Å²) in [6.45, 7) is 1.76. The lowest BCUT2D eigenvalue weighted by Crippen LogP contribution is -2.30. The lowest BCUT2D eigenvalue weighted by molar-refractivity contribution is -0.137. The third-order valence-corrected chi connectivity index (χ3v) is 5.72. The van der Waals surface area contributed by atoms with E-state index in [2.05, 4.69) is 10.3 Å². The van der Waals surface area contributed by atoms with E-state index >= 15 is 0 Å². The number of carboxylic acids is 1. The number of methoxy groups -OCH3 is 2. The summed E-state index contributed by atoms with van der Waals surface area (Å²) < 4.78 is 10.5. The molecular weight excluding hydrogens is 404 g/mol. The molecule has 0 radical (unpaired) electrons. The van der Waals surface area contributed by atoms with E-state index in [1.807, 2.05) is 30.3 Å². The van der Waals surface area contributed by atoms with Gasteiger partial charge in [0.05, 0.1) is 32.4 Å². The second-order valence-electron chi connectivity index (χ2n) is 6.54. The Morgan fingerprint density at radius 1 is 1.10 bits per heavy atom. The topological polar surface area (TPSA) is 97.8 Å². The fourth-order valence-electron chi connectivity index (χ4n) is 3.03. The van der Waals surface area contributed by atoms with E-state index in [-0.39, 0.29) is 12.3 Å². The lowest BCUT2D eigenvalue weighted by Gasteiger charge is -2.19. The number of rotatable bonds is 8. The third-order valence-electron chi connectivity index (χ3n) is 4.52. The molecule has 7 nitrogen and oxygen atoms in total. The van der Waals surface area contributed by atoms with E-state index in [1.54, 1.807) is 25.1 Å². The van der Waals surface area contributed by atoms with Crippen molar-refractivity contribution in [2.75, 3.05) is 14.2 Å². The minimum atomic E-state index is -1.03. The molecule has 0 saturated heterocycles. The van der Waals surface area contributed by atoms with Gasteiger partial charge in [-0.05, 0) is 24.6 Å². The first-order chi connectivity index (χ1) is 14.4. The van der Waals surface area contributed by atoms with Gasteiger partial charge in [-0.3, -0.25) is 9.59 Å². The van der Waals surface area contributed by atoms with Gasteiger partial charge in [0.15, 0.2) is 11.5 Å². The number of carbonyl (C=O) groups is 2. The molecule has 0 aliphatic carbocycles. The third kappa shape index (κ3) is 4.77. The highest BCUT2D eigenvalue weighted by molar-refractivity contribution is 7.17. The number of carbonyl (C=O) groups excluding carboxylic acids is 1. The van der Waals surface area contributed by atoms with Crippen LogP contribution in [0.3, 0.4) is 0 Å². The molecule has 0 fully saturated rings. The molecule has 0 bridgehead atoms. The first-order valence-electron chi connectivity index (χ1n) is 9.20. The van der Waals surface area contributed by atoms with Crippen molar-refractivity contribution in [1.29, 1.82) is 0 Å². The number of benzene rings is 2. The summed E-state index contributed by atoms with van der Waals surface area (Å²) in [6, 6.07) is 13.9. The molecule has 30 heavy (non-hydrogen) atoms. The molecule has 8 heteroatoms. The van der Waals surface area contributed by atoms with Crippen LogP contribution < -0.4 is 14.8 Å². The molecule has 0 spiro atoms. The Labute approximate surface area is 178 Å². The van der Waals surface area contributed by atoms with Crippen LogP contribution >= 0.6 is 11.3 Å². The molecule has 2 aromatic carbocycles. The van der Waals surface area contributed by atoms with Crippen molar-refractivity contribution in [3.8, 4) is 22.1 Å². The fraction of sp³-hybridized carbons (Fsp3) is 0.227. The molecule has 0 aliphatic rings. The number of carboxylic acid groups (broad SMARTS) is 1. The van der Waals surface area contributed by atoms with Crippen molar-refractivity contribution in [1.82, 2.24) is 10.3 Å². The highest BCUT2D eigenvalue weighted by atomic mass is 32.1. The monoisotopic (exact) mass is 426 g/mol. The molecule has 0 unspecified atom stereocenters. The predicted octanol–water partition coefficient (Wildman–Crippen LogP) is 4.08. The molecule has 2 N–H and O–H groups in total. The first-order valence-corrected chi connectivity index (χ1v) is 10.0. The summed E-state index contributed by atoms with van der Waals surface area (Å²) >= 11 is 1.28. The number of ether oxygens (including phenoxy) is 2. The molecule has 3 aromatic rings. The standard InChI is InChI=1S/C22H22N2O5S/c1-13-20(30-22(23-13)14-7-5-4-6-8-14)21(27)24-16(12-19(25)26)15-9-10-17(28-2)18(11-15)29-3/h4-11,16H,12H2,1-3H3,(H,24,27)(H,25,26)/t16-/m0/s1. The fourth-order valence-corrected chi connectivity index (χ4v) is 4.01. The Morgan fingerprint density at radius 2 is 1.80 bits per heavy atom. The van der Waals surface area contributed by atoms with Gasteiger partial charge in [-0.15, -0.1) is 11.3 Å². The van der Waals surface area contributed by atoms with Crippen LogP contribution in [0, 0.1) is 6.92 Å². The number of aryl methyl sites for hydroxylation is 1. The zero-order valence-corrected chi connectivity index (χ0v) is 17.7. The summed E-state index contributed by atoms with van der Waals surface area (Å²) in [5.74, 6) is -0.415. The summed E-state index contributed by atoms with van der Waals surface area (Å²) in [4.78, 5) is 29.3. The van der Waals surface area contributed by atoms with Crippen LogP contribution in [0.1, 0.15) is 33.4 Å². The maximum absolute atomic E-state index is 13.0. The Kier molecular flexibility index (Phi) is 6.68. The molecule has 1 aromatic heterocycles. The summed E-state index contributed by atoms with van der Waals surface area (Å²) in [5, 5.41) is 12.9. The highest BCUT2D eigenvalue weighted by Crippen LogP contribution is 2.32. The Hall–Kier alpha value is -3.39. The average Bonchev–Trinajstić information content (AvgIpc) is 3.14. The van der Waals surface area contributed by atoms with Gasteiger partial charge < -0.3 is 19.9 Å². The number of aliphatic carboxylic acids is 1. The number of hydrogen-bond acceptors (Lipinski definition) is 6. The lowest BCUT2D eigenvalue weighted by atomic mass is 10.0. The molecule has 3 rings (SSSR count). The van der Waals surface area contributed by atoms with E-state index in [1.165, 1.54) is 25.6 Å². The minimum absolute atomic E-state index is 0.273. The van der Waals surface area contributed by atoms with Gasteiger partial charge in [0.25, 0.3) is 5.91 Å². The Bertz CT molecular complexity index is 1050. The molecule has 1 amide bonds. The number of aromatic nitrogens is 1. The Balaban J connectivity index is 1.88. The van der Waals surface area contributed by atoms with Crippen molar-refractivity contribution in [3.63, 3.8) is 0 Å². The van der Waals surface area contributed by atoms with Crippen LogP contribution in [0.2, 0.25) is 0 Å². The predicted molar refractivity (Wildman–Crippen MR) is 114 cm³/mol. The second kappa shape index (κ2) is 9.41. The maximum atomic E-state index is 13.0. The molecular formula is C22H22N2O5S. The maximum Gasteiger partial charge on any atom is 0.305 e. The van der Waals surface area contributed by atoms with Crippen molar-refractivity contribution in [2.45, 2.75) is 19.4 Å². The second-order valence-corrected chi connectivity index (χ2v) is 7.54. The van der Waals surface area contributed by atoms with Gasteiger partial charge in [-0.25, -0.2) is 4.98 Å². The van der Waals surface area contributed by atoms with Crippen LogP contribution in [-0.2, 0) is 4.79 Å². The van der Waals surface area contributed by atoms with E-state index in [0.29, 0.717) is 27.6 Å². The van der Waals surface area contributed by atoms with Gasteiger partial charge in [0.2, 0.25) is 0 Å². The minimum Gasteiger partial charge on any atom is -0.493 e. The van der Waals surface area contributed by atoms with Crippen molar-refractivity contribution in [2.24, 2.45) is 0 Å². The Morgan fingerprint density at radius 3 is 2.43 bits per heavy atom. The van der Waals surface area contributed by atoms with Gasteiger partial charge >= 0.3 is 5.97 Å². The number of nitrogens with one attached hydrogen (secondary N) is 1. The van der Waals surface area contributed by atoms with Gasteiger partial charge in [0.1, 0.15) is 9.88 Å². The van der Waals surface area contributed by atoms with Gasteiger partial charge in [0, 0.05) is 5.56 Å². The smallest absolute Gasteiger partial charge is 0.305 e. The van der Waals surface area contributed by atoms with Crippen LogP contribution in [0.4, 0.5) is 0 Å². The van der Waals surface area contributed by atoms with Gasteiger partial charge in [-0.1, -0.05) is 36.4 Å². The van der Waals surface area contributed by atoms with Crippen LogP contribution in [0.5, 0.6) is 11.5 Å². The zero-order valence-electron chi connectivity index (χ0n) is 16.8. The molecule has 0 aliphatic heterocycles. The van der Waals surface area contributed by atoms with Crippen LogP contribution in [0.15, 0.2) is 48.5 Å². The number of hydrogen-bond donors (Lipinski definition) is 2. The van der Waals surface area contributed by atoms with Crippen LogP contribution in [-0.4, -0.2) is 36.2 Å². The summed E-state index contributed by atoms with van der Waals surface area (Å²) in [7, 11) is 3.02. The summed E-state index contributed by atoms with van der Waals surface area (Å²) in [5.41, 5.74) is 2.12. The quantitative estimate of drug-likeness (QED) is 0.563.